The molecule has 1 rings (SSSR count). The van der Waals surface area contributed by atoms with Crippen LogP contribution in [0.5, 0.6) is 0 Å². The predicted molar refractivity (Wildman–Crippen MR) is 85.7 cm³/mol. The number of carbonyl (C=O) groups is 1. The van der Waals surface area contributed by atoms with Gasteiger partial charge in [-0.3, -0.25) is 4.79 Å². The Morgan fingerprint density at radius 2 is 2.10 bits per heavy atom. The molecule has 0 aliphatic heterocycles. The van der Waals surface area contributed by atoms with Crippen molar-refractivity contribution in [2.75, 3.05) is 24.1 Å². The minimum atomic E-state index is 0.0517. The number of hydrogen-bond donors (Lipinski definition) is 2. The molecule has 0 radical (unpaired) electrons. The molecule has 0 aromatic heterocycles. The van der Waals surface area contributed by atoms with Crippen LogP contribution in [-0.2, 0) is 4.79 Å². The molecular formula is C16H27N3O. The number of anilines is 2. The molecule has 0 atom stereocenters. The summed E-state index contributed by atoms with van der Waals surface area (Å²) in [4.78, 5) is 14.3. The zero-order valence-corrected chi connectivity index (χ0v) is 12.9. The second kappa shape index (κ2) is 8.59. The van der Waals surface area contributed by atoms with Gasteiger partial charge in [-0.25, -0.2) is 0 Å². The van der Waals surface area contributed by atoms with E-state index in [9.17, 15) is 4.79 Å². The molecular weight excluding hydrogens is 250 g/mol. The highest BCUT2D eigenvalue weighted by molar-refractivity contribution is 5.91. The van der Waals surface area contributed by atoms with E-state index in [0.29, 0.717) is 18.2 Å². The van der Waals surface area contributed by atoms with Crippen molar-refractivity contribution in [1.82, 2.24) is 4.90 Å². The van der Waals surface area contributed by atoms with Gasteiger partial charge in [-0.15, -0.1) is 0 Å². The molecule has 3 N–H and O–H groups in total. The number of nitrogen functional groups attached to an aromatic ring is 1. The van der Waals surface area contributed by atoms with E-state index >= 15 is 0 Å². The van der Waals surface area contributed by atoms with Crippen molar-refractivity contribution in [3.63, 3.8) is 0 Å². The van der Waals surface area contributed by atoms with Gasteiger partial charge in [0.15, 0.2) is 0 Å². The van der Waals surface area contributed by atoms with Crippen LogP contribution in [0.3, 0.4) is 0 Å². The van der Waals surface area contributed by atoms with Gasteiger partial charge in [0.2, 0.25) is 5.91 Å². The highest BCUT2D eigenvalue weighted by Gasteiger charge is 2.09. The van der Waals surface area contributed by atoms with Gasteiger partial charge in [-0.2, -0.15) is 0 Å². The lowest BCUT2D eigenvalue weighted by molar-refractivity contribution is -0.116. The Morgan fingerprint density at radius 1 is 1.35 bits per heavy atom. The van der Waals surface area contributed by atoms with E-state index in [1.165, 1.54) is 0 Å². The molecule has 4 nitrogen and oxygen atoms in total. The first-order chi connectivity index (χ1) is 9.52. The zero-order valence-electron chi connectivity index (χ0n) is 12.9. The topological polar surface area (TPSA) is 58.4 Å². The largest absolute Gasteiger partial charge is 0.399 e. The monoisotopic (exact) mass is 277 g/mol. The van der Waals surface area contributed by atoms with Crippen LogP contribution in [0.25, 0.3) is 0 Å². The van der Waals surface area contributed by atoms with Crippen molar-refractivity contribution < 1.29 is 4.79 Å². The summed E-state index contributed by atoms with van der Waals surface area (Å²) in [7, 11) is 0. The predicted octanol–water partition coefficient (Wildman–Crippen LogP) is 3.11. The van der Waals surface area contributed by atoms with E-state index in [2.05, 4.69) is 31.0 Å². The summed E-state index contributed by atoms with van der Waals surface area (Å²) in [5.74, 6) is 0.0517. The minimum Gasteiger partial charge on any atom is -0.399 e. The van der Waals surface area contributed by atoms with Crippen LogP contribution < -0.4 is 11.1 Å². The fourth-order valence-electron chi connectivity index (χ4n) is 2.20. The Morgan fingerprint density at radius 3 is 2.70 bits per heavy atom. The number of hydrogen-bond acceptors (Lipinski definition) is 3. The first-order valence-electron chi connectivity index (χ1n) is 7.42. The third-order valence-electron chi connectivity index (χ3n) is 3.26. The van der Waals surface area contributed by atoms with Gasteiger partial charge < -0.3 is 16.0 Å². The highest BCUT2D eigenvalue weighted by atomic mass is 16.1. The van der Waals surface area contributed by atoms with Crippen molar-refractivity contribution in [2.24, 2.45) is 0 Å². The number of rotatable bonds is 8. The molecule has 0 saturated carbocycles. The van der Waals surface area contributed by atoms with Crippen LogP contribution in [0, 0.1) is 0 Å². The Hall–Kier alpha value is -1.55. The van der Waals surface area contributed by atoms with E-state index in [4.69, 9.17) is 5.73 Å². The first-order valence-corrected chi connectivity index (χ1v) is 7.42. The second-order valence-electron chi connectivity index (χ2n) is 5.41. The number of amides is 1. The molecule has 0 unspecified atom stereocenters. The molecule has 1 aromatic rings. The molecule has 112 valence electrons. The molecule has 4 heteroatoms. The average Bonchev–Trinajstić information content (AvgIpc) is 2.37. The second-order valence-corrected chi connectivity index (χ2v) is 5.41. The molecule has 20 heavy (non-hydrogen) atoms. The SMILES string of the molecule is CCCN(CCCC(=O)Nc1cccc(N)c1)C(C)C. The van der Waals surface area contributed by atoms with E-state index < -0.39 is 0 Å². The lowest BCUT2D eigenvalue weighted by Crippen LogP contribution is -2.33. The highest BCUT2D eigenvalue weighted by Crippen LogP contribution is 2.12. The van der Waals surface area contributed by atoms with E-state index in [-0.39, 0.29) is 5.91 Å². The summed E-state index contributed by atoms with van der Waals surface area (Å²) >= 11 is 0. The van der Waals surface area contributed by atoms with E-state index in [0.717, 1.165) is 31.6 Å². The molecule has 0 bridgehead atoms. The quantitative estimate of drug-likeness (QED) is 0.718. The van der Waals surface area contributed by atoms with Crippen LogP contribution in [0.1, 0.15) is 40.0 Å². The Bertz CT molecular complexity index is 418. The lowest BCUT2D eigenvalue weighted by Gasteiger charge is -2.25. The van der Waals surface area contributed by atoms with Crippen LogP contribution in [0.4, 0.5) is 11.4 Å². The molecule has 0 fully saturated rings. The smallest absolute Gasteiger partial charge is 0.224 e. The van der Waals surface area contributed by atoms with Crippen molar-refractivity contribution >= 4 is 17.3 Å². The fourth-order valence-corrected chi connectivity index (χ4v) is 2.20. The minimum absolute atomic E-state index is 0.0517. The summed E-state index contributed by atoms with van der Waals surface area (Å²) in [5, 5.41) is 2.88. The van der Waals surface area contributed by atoms with Crippen LogP contribution >= 0.6 is 0 Å². The summed E-state index contributed by atoms with van der Waals surface area (Å²) in [5.41, 5.74) is 7.11. The number of benzene rings is 1. The molecule has 0 aliphatic carbocycles. The third kappa shape index (κ3) is 6.06. The fraction of sp³-hybridized carbons (Fsp3) is 0.562. The molecule has 0 spiro atoms. The summed E-state index contributed by atoms with van der Waals surface area (Å²) in [6.07, 6.45) is 2.57. The van der Waals surface area contributed by atoms with Gasteiger partial charge >= 0.3 is 0 Å². The van der Waals surface area contributed by atoms with Crippen molar-refractivity contribution in [3.05, 3.63) is 24.3 Å². The molecule has 0 heterocycles. The molecule has 0 aliphatic rings. The van der Waals surface area contributed by atoms with Gasteiger partial charge in [0, 0.05) is 23.8 Å². The first kappa shape index (κ1) is 16.5. The van der Waals surface area contributed by atoms with Gasteiger partial charge in [0.1, 0.15) is 0 Å². The van der Waals surface area contributed by atoms with E-state index in [1.54, 1.807) is 12.1 Å². The maximum Gasteiger partial charge on any atom is 0.224 e. The molecule has 1 amide bonds. The van der Waals surface area contributed by atoms with Crippen LogP contribution in [-0.4, -0.2) is 29.9 Å². The Kier molecular flexibility index (Phi) is 7.09. The normalized spacial score (nSPS) is 11.1. The Labute approximate surface area is 122 Å². The maximum atomic E-state index is 11.9. The van der Waals surface area contributed by atoms with Crippen molar-refractivity contribution in [1.29, 1.82) is 0 Å². The van der Waals surface area contributed by atoms with Crippen LogP contribution in [0.2, 0.25) is 0 Å². The standard InChI is InChI=1S/C16H27N3O/c1-4-10-19(13(2)3)11-6-9-16(20)18-15-8-5-7-14(17)12-15/h5,7-8,12-13H,4,6,9-11,17H2,1-3H3,(H,18,20). The van der Waals surface area contributed by atoms with E-state index in [1.807, 2.05) is 12.1 Å². The van der Waals surface area contributed by atoms with Gasteiger partial charge in [-0.05, 0) is 58.0 Å². The average molecular weight is 277 g/mol. The lowest BCUT2D eigenvalue weighted by atomic mass is 10.2. The Balaban J connectivity index is 2.32. The van der Waals surface area contributed by atoms with Crippen LogP contribution in [0.15, 0.2) is 24.3 Å². The number of carbonyl (C=O) groups excluding carboxylic acids is 1. The van der Waals surface area contributed by atoms with Crippen molar-refractivity contribution in [3.8, 4) is 0 Å². The summed E-state index contributed by atoms with van der Waals surface area (Å²) in [6.45, 7) is 8.64. The zero-order chi connectivity index (χ0) is 15.0. The van der Waals surface area contributed by atoms with Gasteiger partial charge in [-0.1, -0.05) is 13.0 Å². The third-order valence-corrected chi connectivity index (χ3v) is 3.26. The molecule has 0 saturated heterocycles. The van der Waals surface area contributed by atoms with Crippen molar-refractivity contribution in [2.45, 2.75) is 46.1 Å². The van der Waals surface area contributed by atoms with Gasteiger partial charge in [0.25, 0.3) is 0 Å². The number of nitrogens with zero attached hydrogens (tertiary/aromatic N) is 1. The number of nitrogens with two attached hydrogens (primary N) is 1. The number of nitrogens with one attached hydrogen (secondary N) is 1. The maximum absolute atomic E-state index is 11.9. The summed E-state index contributed by atoms with van der Waals surface area (Å²) in [6, 6.07) is 7.81. The van der Waals surface area contributed by atoms with Gasteiger partial charge in [0.05, 0.1) is 0 Å². The summed E-state index contributed by atoms with van der Waals surface area (Å²) < 4.78 is 0. The molecule has 1 aromatic carbocycles.